The first-order valence-electron chi connectivity index (χ1n) is 7.18. The molecule has 0 aliphatic rings. The second kappa shape index (κ2) is 7.39. The van der Waals surface area contributed by atoms with E-state index in [0.29, 0.717) is 5.56 Å². The number of carbonyl (C=O) groups is 1. The number of hydrogen-bond donors (Lipinski definition) is 1. The van der Waals surface area contributed by atoms with E-state index < -0.39 is 0 Å². The molecule has 0 bridgehead atoms. The van der Waals surface area contributed by atoms with Gasteiger partial charge in [-0.15, -0.1) is 0 Å². The molecule has 0 aromatic heterocycles. The maximum absolute atomic E-state index is 11.9. The third kappa shape index (κ3) is 4.56. The molecule has 0 saturated carbocycles. The van der Waals surface area contributed by atoms with Crippen molar-refractivity contribution in [2.75, 3.05) is 0 Å². The van der Waals surface area contributed by atoms with Gasteiger partial charge >= 0.3 is 0 Å². The number of aryl methyl sites for hydroxylation is 2. The van der Waals surface area contributed by atoms with E-state index in [1.54, 1.807) is 18.3 Å². The fourth-order valence-electron chi connectivity index (χ4n) is 1.99. The van der Waals surface area contributed by atoms with Gasteiger partial charge in [-0.2, -0.15) is 5.10 Å². The highest BCUT2D eigenvalue weighted by molar-refractivity contribution is 5.94. The van der Waals surface area contributed by atoms with E-state index in [-0.39, 0.29) is 5.91 Å². The molecule has 2 rings (SSSR count). The van der Waals surface area contributed by atoms with E-state index in [9.17, 15) is 4.79 Å². The van der Waals surface area contributed by atoms with Gasteiger partial charge < -0.3 is 0 Å². The molecule has 0 saturated heterocycles. The van der Waals surface area contributed by atoms with Crippen molar-refractivity contribution in [1.82, 2.24) is 5.43 Å². The Labute approximate surface area is 125 Å². The van der Waals surface area contributed by atoms with E-state index in [0.717, 1.165) is 24.0 Å². The third-order valence-electron chi connectivity index (χ3n) is 3.21. The maximum Gasteiger partial charge on any atom is 0.271 e. The summed E-state index contributed by atoms with van der Waals surface area (Å²) in [5.41, 5.74) is 6.56. The Kier molecular flexibility index (Phi) is 5.27. The highest BCUT2D eigenvalue weighted by atomic mass is 16.2. The molecule has 3 heteroatoms. The van der Waals surface area contributed by atoms with E-state index in [2.05, 4.69) is 29.6 Å². The quantitative estimate of drug-likeness (QED) is 0.658. The van der Waals surface area contributed by atoms with Crippen molar-refractivity contribution in [2.24, 2.45) is 5.10 Å². The number of nitrogens with one attached hydrogen (secondary N) is 1. The summed E-state index contributed by atoms with van der Waals surface area (Å²) in [6.07, 6.45) is 3.88. The van der Waals surface area contributed by atoms with Gasteiger partial charge in [0.2, 0.25) is 0 Å². The SMILES string of the molecule is CCCc1ccc(/C=N/NC(=O)c2ccc(C)cc2)cc1. The Morgan fingerprint density at radius 3 is 2.38 bits per heavy atom. The zero-order valence-corrected chi connectivity index (χ0v) is 12.5. The van der Waals surface area contributed by atoms with E-state index in [1.165, 1.54) is 5.56 Å². The van der Waals surface area contributed by atoms with Crippen molar-refractivity contribution in [2.45, 2.75) is 26.7 Å². The average Bonchev–Trinajstić information content (AvgIpc) is 2.50. The van der Waals surface area contributed by atoms with Gasteiger partial charge in [0.1, 0.15) is 0 Å². The van der Waals surface area contributed by atoms with Gasteiger partial charge in [0.15, 0.2) is 0 Å². The van der Waals surface area contributed by atoms with Gasteiger partial charge in [-0.05, 0) is 36.6 Å². The summed E-state index contributed by atoms with van der Waals surface area (Å²) in [4.78, 5) is 11.9. The first-order chi connectivity index (χ1) is 10.2. The lowest BCUT2D eigenvalue weighted by Gasteiger charge is -2.01. The lowest BCUT2D eigenvalue weighted by atomic mass is 10.1. The molecule has 1 N–H and O–H groups in total. The normalized spacial score (nSPS) is 10.8. The standard InChI is InChI=1S/C18H20N2O/c1-3-4-15-7-9-16(10-8-15)13-19-20-18(21)17-11-5-14(2)6-12-17/h5-13H,3-4H2,1-2H3,(H,20,21)/b19-13+. The molecule has 0 radical (unpaired) electrons. The number of carbonyl (C=O) groups excluding carboxylic acids is 1. The Balaban J connectivity index is 1.92. The van der Waals surface area contributed by atoms with Gasteiger partial charge in [0.25, 0.3) is 5.91 Å². The van der Waals surface area contributed by atoms with Crippen LogP contribution in [0.5, 0.6) is 0 Å². The van der Waals surface area contributed by atoms with Crippen molar-refractivity contribution in [3.8, 4) is 0 Å². The van der Waals surface area contributed by atoms with Crippen molar-refractivity contribution in [1.29, 1.82) is 0 Å². The predicted octanol–water partition coefficient (Wildman–Crippen LogP) is 3.71. The molecule has 0 heterocycles. The minimum Gasteiger partial charge on any atom is -0.267 e. The summed E-state index contributed by atoms with van der Waals surface area (Å²) in [5.74, 6) is -0.200. The number of nitrogens with zero attached hydrogens (tertiary/aromatic N) is 1. The zero-order chi connectivity index (χ0) is 15.1. The van der Waals surface area contributed by atoms with Gasteiger partial charge in [-0.25, -0.2) is 5.43 Å². The molecule has 2 aromatic carbocycles. The van der Waals surface area contributed by atoms with Crippen LogP contribution in [0.3, 0.4) is 0 Å². The van der Waals surface area contributed by atoms with Gasteiger partial charge in [0, 0.05) is 5.56 Å². The van der Waals surface area contributed by atoms with Crippen LogP contribution in [0.15, 0.2) is 53.6 Å². The first kappa shape index (κ1) is 15.0. The van der Waals surface area contributed by atoms with Crippen LogP contribution in [0, 0.1) is 6.92 Å². The fourth-order valence-corrected chi connectivity index (χ4v) is 1.99. The lowest BCUT2D eigenvalue weighted by molar-refractivity contribution is 0.0955. The second-order valence-electron chi connectivity index (χ2n) is 5.06. The number of benzene rings is 2. The van der Waals surface area contributed by atoms with Gasteiger partial charge in [-0.3, -0.25) is 4.79 Å². The van der Waals surface area contributed by atoms with Crippen molar-refractivity contribution >= 4 is 12.1 Å². The lowest BCUT2D eigenvalue weighted by Crippen LogP contribution is -2.17. The summed E-state index contributed by atoms with van der Waals surface area (Å²) in [6, 6.07) is 15.6. The Hall–Kier alpha value is -2.42. The summed E-state index contributed by atoms with van der Waals surface area (Å²) >= 11 is 0. The van der Waals surface area contributed by atoms with Gasteiger partial charge in [0.05, 0.1) is 6.21 Å². The summed E-state index contributed by atoms with van der Waals surface area (Å²) < 4.78 is 0. The van der Waals surface area contributed by atoms with E-state index in [4.69, 9.17) is 0 Å². The van der Waals surface area contributed by atoms with Crippen molar-refractivity contribution < 1.29 is 4.79 Å². The maximum atomic E-state index is 11.9. The third-order valence-corrected chi connectivity index (χ3v) is 3.21. The largest absolute Gasteiger partial charge is 0.271 e. The monoisotopic (exact) mass is 280 g/mol. The molecule has 0 unspecified atom stereocenters. The van der Waals surface area contributed by atoms with E-state index in [1.807, 2.05) is 31.2 Å². The van der Waals surface area contributed by atoms with Gasteiger partial charge in [-0.1, -0.05) is 55.3 Å². The molecule has 0 spiro atoms. The van der Waals surface area contributed by atoms with Crippen LogP contribution in [0.1, 0.15) is 40.4 Å². The molecule has 108 valence electrons. The van der Waals surface area contributed by atoms with Crippen molar-refractivity contribution in [3.05, 3.63) is 70.8 Å². The molecule has 0 atom stereocenters. The molecule has 3 nitrogen and oxygen atoms in total. The number of amides is 1. The molecule has 0 fully saturated rings. The fraction of sp³-hybridized carbons (Fsp3) is 0.222. The van der Waals surface area contributed by atoms with Crippen molar-refractivity contribution in [3.63, 3.8) is 0 Å². The molecule has 1 amide bonds. The second-order valence-corrected chi connectivity index (χ2v) is 5.06. The van der Waals surface area contributed by atoms with Crippen LogP contribution in [0.25, 0.3) is 0 Å². The molecule has 21 heavy (non-hydrogen) atoms. The average molecular weight is 280 g/mol. The highest BCUT2D eigenvalue weighted by Gasteiger charge is 2.02. The predicted molar refractivity (Wildman–Crippen MR) is 86.7 cm³/mol. The summed E-state index contributed by atoms with van der Waals surface area (Å²) in [6.45, 7) is 4.15. The van der Waals surface area contributed by atoms with Crippen LogP contribution >= 0.6 is 0 Å². The Morgan fingerprint density at radius 2 is 1.76 bits per heavy atom. The minimum absolute atomic E-state index is 0.200. The topological polar surface area (TPSA) is 41.5 Å². The zero-order valence-electron chi connectivity index (χ0n) is 12.5. The molecular weight excluding hydrogens is 260 g/mol. The summed E-state index contributed by atoms with van der Waals surface area (Å²) in [7, 11) is 0. The number of hydrogen-bond acceptors (Lipinski definition) is 2. The smallest absolute Gasteiger partial charge is 0.267 e. The summed E-state index contributed by atoms with van der Waals surface area (Å²) in [5, 5.41) is 3.99. The molecule has 0 aliphatic carbocycles. The Bertz CT molecular complexity index is 613. The van der Waals surface area contributed by atoms with Crippen LogP contribution in [0.2, 0.25) is 0 Å². The molecular formula is C18H20N2O. The first-order valence-corrected chi connectivity index (χ1v) is 7.18. The van der Waals surface area contributed by atoms with Crippen LogP contribution in [-0.2, 0) is 6.42 Å². The van der Waals surface area contributed by atoms with Crippen LogP contribution in [-0.4, -0.2) is 12.1 Å². The highest BCUT2D eigenvalue weighted by Crippen LogP contribution is 2.05. The minimum atomic E-state index is -0.200. The van der Waals surface area contributed by atoms with Crippen LogP contribution < -0.4 is 5.43 Å². The molecule has 0 aliphatic heterocycles. The molecule has 2 aromatic rings. The van der Waals surface area contributed by atoms with Crippen LogP contribution in [0.4, 0.5) is 0 Å². The Morgan fingerprint density at radius 1 is 1.10 bits per heavy atom. The van der Waals surface area contributed by atoms with E-state index >= 15 is 0 Å². The number of rotatable bonds is 5. The number of hydrazone groups is 1.